The van der Waals surface area contributed by atoms with E-state index in [0.29, 0.717) is 0 Å². The summed E-state index contributed by atoms with van der Waals surface area (Å²) in [5, 5.41) is 4.83. The minimum Gasteiger partial charge on any atom is -0.458 e. The predicted octanol–water partition coefficient (Wildman–Crippen LogP) is 30.8. The van der Waals surface area contributed by atoms with Crippen LogP contribution in [0.2, 0.25) is 0 Å². The third kappa shape index (κ3) is 13.2. The van der Waals surface area contributed by atoms with Gasteiger partial charge in [-0.25, -0.2) is 0 Å². The van der Waals surface area contributed by atoms with E-state index in [-0.39, 0.29) is 13.4 Å². The molecule has 0 saturated carbocycles. The lowest BCUT2D eigenvalue weighted by atomic mass is 9.30. The highest BCUT2D eigenvalue weighted by Gasteiger charge is 2.50. The van der Waals surface area contributed by atoms with Crippen molar-refractivity contribution < 1.29 is 4.74 Å². The van der Waals surface area contributed by atoms with E-state index < -0.39 is 0 Å². The molecular formula is C128H85B2N5O. The molecule has 8 heteroatoms. The van der Waals surface area contributed by atoms with Crippen molar-refractivity contribution in [3.63, 3.8) is 0 Å². The minimum atomic E-state index is -0.368. The average Bonchev–Trinajstić information content (AvgIpc) is 0.682. The van der Waals surface area contributed by atoms with Crippen LogP contribution < -0.4 is 62.0 Å². The topological polar surface area (TPSA) is 25.4 Å². The summed E-state index contributed by atoms with van der Waals surface area (Å²) in [5.41, 5.74) is 40.1. The number of anilines is 15. The van der Waals surface area contributed by atoms with E-state index >= 15 is 0 Å². The van der Waals surface area contributed by atoms with Gasteiger partial charge in [-0.05, 0) is 189 Å². The van der Waals surface area contributed by atoms with Gasteiger partial charge in [-0.3, -0.25) is 0 Å². The van der Waals surface area contributed by atoms with E-state index in [0.717, 1.165) is 191 Å². The Hall–Kier alpha value is -17.7. The number of ether oxygens (including phenoxy) is 1. The largest absolute Gasteiger partial charge is 0.458 e. The lowest BCUT2D eigenvalue weighted by Crippen LogP contribution is -2.64. The zero-order valence-electron chi connectivity index (χ0n) is 74.4. The monoisotopic (exact) mass is 1730 g/mol. The molecule has 0 aromatic heterocycles. The number of hydrogen-bond donors (Lipinski definition) is 0. The Kier molecular flexibility index (Phi) is 19.4. The molecule has 0 aliphatic carbocycles. The van der Waals surface area contributed by atoms with Crippen LogP contribution in [0.15, 0.2) is 516 Å². The van der Waals surface area contributed by atoms with E-state index in [2.05, 4.69) is 540 Å². The predicted molar refractivity (Wildman–Crippen MR) is 574 cm³/mol. The molecule has 4 aliphatic rings. The SMILES string of the molecule is c1ccc(-c2ccccc2N(c2ccccc2)c2cc3c4c(c2)N(c2c(-c5ccccc5)cccc2-c2ccccc2)c2cc5c(cc2B4c2ccccc2N3c2ccccc2-c2ccccc2)B2c3ccccc3N(c3ccc(-c4c6ccccc6c(-c6ccccc6)c6ccccc46)cc3)c3cc(N(c4ccccc4-c4ccccc4)c4ccccc4-c4ccccc4)cc(c32)O5)cc1. The summed E-state index contributed by atoms with van der Waals surface area (Å²) in [4.78, 5) is 12.8. The first kappa shape index (κ1) is 79.3. The summed E-state index contributed by atoms with van der Waals surface area (Å²) in [7, 11) is 0. The number of rotatable bonds is 17. The van der Waals surface area contributed by atoms with Gasteiger partial charge in [0.2, 0.25) is 0 Å². The van der Waals surface area contributed by atoms with Gasteiger partial charge in [0.15, 0.2) is 0 Å². The third-order valence-electron chi connectivity index (χ3n) is 28.0. The van der Waals surface area contributed by atoms with Gasteiger partial charge in [0, 0.05) is 91.0 Å². The first-order chi connectivity index (χ1) is 67.6. The number of fused-ring (bicyclic) bond motifs is 10. The van der Waals surface area contributed by atoms with Crippen molar-refractivity contribution >= 4 is 153 Å². The Morgan fingerprint density at radius 3 is 1.00 bits per heavy atom. The van der Waals surface area contributed by atoms with Crippen molar-refractivity contribution in [2.24, 2.45) is 0 Å². The molecule has 0 bridgehead atoms. The van der Waals surface area contributed by atoms with Crippen LogP contribution in [0.5, 0.6) is 11.5 Å². The van der Waals surface area contributed by atoms with Crippen molar-refractivity contribution in [1.82, 2.24) is 0 Å². The van der Waals surface area contributed by atoms with Crippen LogP contribution in [0.3, 0.4) is 0 Å². The van der Waals surface area contributed by atoms with Crippen molar-refractivity contribution in [2.75, 3.05) is 24.5 Å². The Morgan fingerprint density at radius 1 is 0.184 bits per heavy atom. The summed E-state index contributed by atoms with van der Waals surface area (Å²) in [6.45, 7) is -0.728. The average molecular weight is 1730 g/mol. The minimum absolute atomic E-state index is 0.360. The quantitative estimate of drug-likeness (QED) is 0.0666. The molecule has 22 aromatic rings. The highest BCUT2D eigenvalue weighted by atomic mass is 16.5. The van der Waals surface area contributed by atoms with Crippen LogP contribution in [0.25, 0.3) is 111 Å². The van der Waals surface area contributed by atoms with Crippen LogP contribution in [0.4, 0.5) is 85.3 Å². The maximum atomic E-state index is 8.43. The molecule has 0 amide bonds. The molecule has 0 atom stereocenters. The molecule has 0 unspecified atom stereocenters. The Labute approximate surface area is 792 Å². The third-order valence-corrected chi connectivity index (χ3v) is 28.0. The van der Waals surface area contributed by atoms with Gasteiger partial charge < -0.3 is 29.2 Å². The second-order valence-electron chi connectivity index (χ2n) is 35.5. The summed E-state index contributed by atoms with van der Waals surface area (Å²) in [5.74, 6) is 1.52. The van der Waals surface area contributed by atoms with Crippen LogP contribution >= 0.6 is 0 Å². The molecule has 4 heterocycles. The number of benzene rings is 22. The Bertz CT molecular complexity index is 8200. The zero-order valence-corrected chi connectivity index (χ0v) is 74.4. The number of nitrogens with zero attached hydrogens (tertiary/aromatic N) is 5. The Morgan fingerprint density at radius 2 is 0.522 bits per heavy atom. The van der Waals surface area contributed by atoms with Gasteiger partial charge in [0.05, 0.1) is 39.8 Å². The van der Waals surface area contributed by atoms with Gasteiger partial charge >= 0.3 is 0 Å². The van der Waals surface area contributed by atoms with Crippen LogP contribution in [-0.4, -0.2) is 13.4 Å². The molecule has 22 aromatic carbocycles. The molecule has 0 fully saturated rings. The molecule has 4 aliphatic heterocycles. The van der Waals surface area contributed by atoms with E-state index in [1.54, 1.807) is 0 Å². The summed E-state index contributed by atoms with van der Waals surface area (Å²) in [6, 6.07) is 191. The molecular weight excluding hydrogens is 1650 g/mol. The van der Waals surface area contributed by atoms with Gasteiger partial charge in [-0.15, -0.1) is 0 Å². The van der Waals surface area contributed by atoms with Gasteiger partial charge in [0.1, 0.15) is 11.5 Å². The van der Waals surface area contributed by atoms with Gasteiger partial charge in [0.25, 0.3) is 13.4 Å². The summed E-state index contributed by atoms with van der Waals surface area (Å²) < 4.78 is 8.43. The first-order valence-electron chi connectivity index (χ1n) is 46.9. The van der Waals surface area contributed by atoms with E-state index in [4.69, 9.17) is 4.74 Å². The van der Waals surface area contributed by atoms with E-state index in [1.165, 1.54) is 49.2 Å². The highest BCUT2D eigenvalue weighted by molar-refractivity contribution is 7.02. The standard InChI is InChI=1S/C128H85B2N5O/c1-9-42-86(43-10-1)98-58-29-35-70-112(98)131(94-56-23-8-24-57-94)96-80-119-126-120(81-96)135(128-102(90-50-17-5-18-51-90)66-41-67-103(128)91-52-19-6-20-53-91)118-85-122-111(84-110(118)129(126)109-69-34-40-75-117(109)134(119)115-73-38-32-61-101(115)89-48-15-4-16-49-89)130-108-68-33-39-74-116(108)132(95-78-76-93(77-79-95)125-106-64-27-25-62-104(106)124(92-54-21-7-22-55-92)105-63-26-28-65-107(105)125)121-82-97(83-123(136-122)127(121)130)133(113-71-36-30-59-99(113)87-44-11-2-12-45-87)114-72-37-31-60-100(114)88-46-13-3-14-47-88/h1-85H. The Balaban J connectivity index is 0.766. The normalized spacial score (nSPS) is 12.4. The fourth-order valence-corrected chi connectivity index (χ4v) is 22.3. The second-order valence-corrected chi connectivity index (χ2v) is 35.5. The highest BCUT2D eigenvalue weighted by Crippen LogP contribution is 2.57. The molecule has 634 valence electrons. The van der Waals surface area contributed by atoms with Crippen molar-refractivity contribution in [2.45, 2.75) is 0 Å². The van der Waals surface area contributed by atoms with Gasteiger partial charge in [-0.2, -0.15) is 0 Å². The van der Waals surface area contributed by atoms with Crippen molar-refractivity contribution in [1.29, 1.82) is 0 Å². The molecule has 0 N–H and O–H groups in total. The summed E-state index contributed by atoms with van der Waals surface area (Å²) >= 11 is 0. The summed E-state index contributed by atoms with van der Waals surface area (Å²) in [6.07, 6.45) is 0. The second kappa shape index (κ2) is 33.3. The fraction of sp³-hybridized carbons (Fsp3) is 0. The number of para-hydroxylation sites is 8. The molecule has 6 nitrogen and oxygen atoms in total. The first-order valence-corrected chi connectivity index (χ1v) is 46.9. The molecule has 26 rings (SSSR count). The van der Waals surface area contributed by atoms with E-state index in [9.17, 15) is 0 Å². The van der Waals surface area contributed by atoms with Crippen molar-refractivity contribution in [3.05, 3.63) is 516 Å². The number of hydrogen-bond acceptors (Lipinski definition) is 6. The fourth-order valence-electron chi connectivity index (χ4n) is 22.3. The molecule has 0 spiro atoms. The molecule has 0 radical (unpaired) electrons. The lowest BCUT2D eigenvalue weighted by Gasteiger charge is -2.47. The van der Waals surface area contributed by atoms with Crippen molar-refractivity contribution in [3.8, 4) is 101 Å². The van der Waals surface area contributed by atoms with Crippen LogP contribution in [0, 0.1) is 0 Å². The maximum absolute atomic E-state index is 8.43. The molecule has 0 saturated heterocycles. The van der Waals surface area contributed by atoms with Gasteiger partial charge in [-0.1, -0.05) is 425 Å². The van der Waals surface area contributed by atoms with Crippen LogP contribution in [0.1, 0.15) is 0 Å². The lowest BCUT2D eigenvalue weighted by molar-refractivity contribution is 0.488. The zero-order chi connectivity index (χ0) is 89.7. The maximum Gasteiger partial charge on any atom is 0.256 e. The van der Waals surface area contributed by atoms with Crippen LogP contribution in [-0.2, 0) is 0 Å². The smallest absolute Gasteiger partial charge is 0.256 e. The van der Waals surface area contributed by atoms with E-state index in [1.807, 2.05) is 0 Å². The molecule has 136 heavy (non-hydrogen) atoms.